The third-order valence-corrected chi connectivity index (χ3v) is 3.95. The summed E-state index contributed by atoms with van der Waals surface area (Å²) in [5.74, 6) is -0.687. The molecular formula is C12H21NO3S. The first-order valence-corrected chi connectivity index (χ1v) is 7.13. The first kappa shape index (κ1) is 14.4. The highest BCUT2D eigenvalue weighted by atomic mass is 32.2. The Kier molecular flexibility index (Phi) is 5.31. The van der Waals surface area contributed by atoms with E-state index in [1.54, 1.807) is 0 Å². The quantitative estimate of drug-likeness (QED) is 0.791. The van der Waals surface area contributed by atoms with E-state index in [1.807, 2.05) is 0 Å². The Morgan fingerprint density at radius 3 is 2.71 bits per heavy atom. The molecule has 0 heterocycles. The van der Waals surface area contributed by atoms with Gasteiger partial charge in [-0.05, 0) is 24.7 Å². The number of hydrogen-bond donors (Lipinski definition) is 2. The molecule has 0 radical (unpaired) electrons. The second kappa shape index (κ2) is 6.28. The van der Waals surface area contributed by atoms with Gasteiger partial charge in [0.1, 0.15) is 0 Å². The van der Waals surface area contributed by atoms with Crippen LogP contribution in [0.25, 0.3) is 0 Å². The summed E-state index contributed by atoms with van der Waals surface area (Å²) in [7, 11) is 0. The van der Waals surface area contributed by atoms with E-state index in [2.05, 4.69) is 19.2 Å². The second-order valence-corrected chi connectivity index (χ2v) is 6.40. The molecular weight excluding hydrogens is 238 g/mol. The number of rotatable bonds is 5. The number of carboxylic acid groups (broad SMARTS) is 1. The van der Waals surface area contributed by atoms with Crippen LogP contribution in [0.4, 0.5) is 0 Å². The van der Waals surface area contributed by atoms with E-state index in [-0.39, 0.29) is 23.5 Å². The van der Waals surface area contributed by atoms with Gasteiger partial charge in [0, 0.05) is 6.04 Å². The lowest BCUT2D eigenvalue weighted by Gasteiger charge is -2.35. The topological polar surface area (TPSA) is 66.4 Å². The zero-order valence-electron chi connectivity index (χ0n) is 10.5. The minimum absolute atomic E-state index is 0.0103. The van der Waals surface area contributed by atoms with Crippen molar-refractivity contribution in [3.05, 3.63) is 0 Å². The summed E-state index contributed by atoms with van der Waals surface area (Å²) in [5, 5.41) is 11.5. The van der Waals surface area contributed by atoms with Crippen LogP contribution in [-0.2, 0) is 9.59 Å². The zero-order chi connectivity index (χ0) is 12.9. The van der Waals surface area contributed by atoms with Crippen LogP contribution in [0.1, 0.15) is 39.5 Å². The normalized spacial score (nSPS) is 23.1. The third-order valence-electron chi connectivity index (χ3n) is 3.03. The molecule has 1 saturated carbocycles. The van der Waals surface area contributed by atoms with Gasteiger partial charge in [-0.3, -0.25) is 9.59 Å². The van der Waals surface area contributed by atoms with Gasteiger partial charge < -0.3 is 10.4 Å². The van der Waals surface area contributed by atoms with Crippen LogP contribution < -0.4 is 5.32 Å². The Balaban J connectivity index is 2.24. The molecule has 0 aromatic rings. The van der Waals surface area contributed by atoms with Crippen molar-refractivity contribution in [2.24, 2.45) is 5.41 Å². The number of nitrogens with one attached hydrogen (secondary N) is 1. The van der Waals surface area contributed by atoms with E-state index in [4.69, 9.17) is 5.11 Å². The van der Waals surface area contributed by atoms with Crippen molar-refractivity contribution < 1.29 is 14.7 Å². The Hall–Kier alpha value is -0.710. The summed E-state index contributed by atoms with van der Waals surface area (Å²) < 4.78 is 0. The fourth-order valence-electron chi connectivity index (χ4n) is 2.32. The van der Waals surface area contributed by atoms with E-state index in [0.717, 1.165) is 31.0 Å². The van der Waals surface area contributed by atoms with Gasteiger partial charge in [-0.2, -0.15) is 0 Å². The minimum Gasteiger partial charge on any atom is -0.481 e. The molecule has 1 rings (SSSR count). The Morgan fingerprint density at radius 1 is 1.41 bits per heavy atom. The fraction of sp³-hybridized carbons (Fsp3) is 0.833. The van der Waals surface area contributed by atoms with Crippen molar-refractivity contribution in [2.45, 2.75) is 45.6 Å². The number of carboxylic acids is 1. The van der Waals surface area contributed by atoms with Crippen LogP contribution in [0.2, 0.25) is 0 Å². The highest BCUT2D eigenvalue weighted by molar-refractivity contribution is 8.00. The van der Waals surface area contributed by atoms with Crippen molar-refractivity contribution in [1.29, 1.82) is 0 Å². The summed E-state index contributed by atoms with van der Waals surface area (Å²) in [4.78, 5) is 21.9. The number of hydrogen-bond acceptors (Lipinski definition) is 3. The van der Waals surface area contributed by atoms with Gasteiger partial charge in [0.2, 0.25) is 5.91 Å². The maximum Gasteiger partial charge on any atom is 0.313 e. The van der Waals surface area contributed by atoms with Crippen molar-refractivity contribution in [2.75, 3.05) is 11.5 Å². The average Bonchev–Trinajstić information content (AvgIpc) is 2.14. The number of amides is 1. The minimum atomic E-state index is -0.874. The van der Waals surface area contributed by atoms with Crippen molar-refractivity contribution in [3.8, 4) is 0 Å². The van der Waals surface area contributed by atoms with E-state index >= 15 is 0 Å². The largest absolute Gasteiger partial charge is 0.481 e. The van der Waals surface area contributed by atoms with Gasteiger partial charge >= 0.3 is 5.97 Å². The van der Waals surface area contributed by atoms with E-state index in [1.165, 1.54) is 6.42 Å². The van der Waals surface area contributed by atoms with Gasteiger partial charge in [0.15, 0.2) is 0 Å². The standard InChI is InChI=1S/C12H21NO3S/c1-12(2)5-3-4-9(6-12)13-10(14)7-17-8-11(15)16/h9H,3-8H2,1-2H3,(H,13,14)(H,15,16). The van der Waals surface area contributed by atoms with Gasteiger partial charge in [-0.25, -0.2) is 0 Å². The lowest BCUT2D eigenvalue weighted by atomic mass is 9.75. The molecule has 17 heavy (non-hydrogen) atoms. The van der Waals surface area contributed by atoms with Crippen LogP contribution in [0.5, 0.6) is 0 Å². The molecule has 5 heteroatoms. The molecule has 0 spiro atoms. The maximum absolute atomic E-state index is 11.6. The molecule has 0 bridgehead atoms. The molecule has 0 aromatic carbocycles. The van der Waals surface area contributed by atoms with Crippen LogP contribution in [0.15, 0.2) is 0 Å². The number of carbonyl (C=O) groups is 2. The molecule has 1 unspecified atom stereocenters. The van der Waals surface area contributed by atoms with E-state index < -0.39 is 5.97 Å². The zero-order valence-corrected chi connectivity index (χ0v) is 11.3. The monoisotopic (exact) mass is 259 g/mol. The van der Waals surface area contributed by atoms with E-state index in [9.17, 15) is 9.59 Å². The molecule has 1 fully saturated rings. The SMILES string of the molecule is CC1(C)CCCC(NC(=O)CSCC(=O)O)C1. The Morgan fingerprint density at radius 2 is 2.12 bits per heavy atom. The molecule has 0 aliphatic heterocycles. The predicted octanol–water partition coefficient (Wildman–Crippen LogP) is 1.89. The molecule has 4 nitrogen and oxygen atoms in total. The Labute approximate surface area is 107 Å². The average molecular weight is 259 g/mol. The molecule has 98 valence electrons. The molecule has 1 atom stereocenters. The highest BCUT2D eigenvalue weighted by Gasteiger charge is 2.28. The van der Waals surface area contributed by atoms with Gasteiger partial charge in [-0.1, -0.05) is 20.3 Å². The summed E-state index contributed by atoms with van der Waals surface area (Å²) in [5.41, 5.74) is 0.310. The van der Waals surface area contributed by atoms with Crippen molar-refractivity contribution in [1.82, 2.24) is 5.32 Å². The van der Waals surface area contributed by atoms with Crippen LogP contribution in [0, 0.1) is 5.41 Å². The smallest absolute Gasteiger partial charge is 0.313 e. The molecule has 2 N–H and O–H groups in total. The van der Waals surface area contributed by atoms with Crippen molar-refractivity contribution in [3.63, 3.8) is 0 Å². The summed E-state index contributed by atoms with van der Waals surface area (Å²) in [6.45, 7) is 4.45. The first-order chi connectivity index (χ1) is 7.89. The summed E-state index contributed by atoms with van der Waals surface area (Å²) in [6.07, 6.45) is 4.43. The van der Waals surface area contributed by atoms with Gasteiger partial charge in [0.05, 0.1) is 11.5 Å². The lowest BCUT2D eigenvalue weighted by molar-refractivity contribution is -0.133. The summed E-state index contributed by atoms with van der Waals surface area (Å²) in [6, 6.07) is 0.261. The summed E-state index contributed by atoms with van der Waals surface area (Å²) >= 11 is 1.15. The highest BCUT2D eigenvalue weighted by Crippen LogP contribution is 2.35. The lowest BCUT2D eigenvalue weighted by Crippen LogP contribution is -2.41. The molecule has 1 aliphatic rings. The van der Waals surface area contributed by atoms with E-state index in [0.29, 0.717) is 5.41 Å². The van der Waals surface area contributed by atoms with Crippen molar-refractivity contribution >= 4 is 23.6 Å². The molecule has 0 aromatic heterocycles. The van der Waals surface area contributed by atoms with Gasteiger partial charge in [0.25, 0.3) is 0 Å². The predicted molar refractivity (Wildman–Crippen MR) is 69.1 cm³/mol. The Bertz CT molecular complexity index is 291. The second-order valence-electron chi connectivity index (χ2n) is 5.41. The number of carbonyl (C=O) groups excluding carboxylic acids is 1. The van der Waals surface area contributed by atoms with Crippen LogP contribution >= 0.6 is 11.8 Å². The molecule has 1 aliphatic carbocycles. The first-order valence-electron chi connectivity index (χ1n) is 5.98. The molecule has 0 saturated heterocycles. The third kappa shape index (κ3) is 5.96. The number of thioether (sulfide) groups is 1. The van der Waals surface area contributed by atoms with Crippen LogP contribution in [0.3, 0.4) is 0 Å². The fourth-order valence-corrected chi connectivity index (χ4v) is 2.87. The molecule has 1 amide bonds. The van der Waals surface area contributed by atoms with Gasteiger partial charge in [-0.15, -0.1) is 11.8 Å². The number of aliphatic carboxylic acids is 1. The van der Waals surface area contributed by atoms with Crippen LogP contribution in [-0.4, -0.2) is 34.5 Å². The maximum atomic E-state index is 11.6.